The van der Waals surface area contributed by atoms with Crippen molar-refractivity contribution in [2.75, 3.05) is 0 Å². The summed E-state index contributed by atoms with van der Waals surface area (Å²) in [6.07, 6.45) is 1.03. The Labute approximate surface area is 126 Å². The van der Waals surface area contributed by atoms with Crippen LogP contribution in [0.3, 0.4) is 0 Å². The first-order chi connectivity index (χ1) is 9.24. The summed E-state index contributed by atoms with van der Waals surface area (Å²) in [6, 6.07) is 17.5. The van der Waals surface area contributed by atoms with Crippen LogP contribution in [-0.4, -0.2) is 0 Å². The summed E-state index contributed by atoms with van der Waals surface area (Å²) in [7, 11) is 0. The molecule has 3 rings (SSSR count). The van der Waals surface area contributed by atoms with Crippen LogP contribution >= 0.6 is 27.3 Å². The van der Waals surface area contributed by atoms with Gasteiger partial charge in [-0.1, -0.05) is 58.4 Å². The quantitative estimate of drug-likeness (QED) is 0.525. The van der Waals surface area contributed by atoms with Gasteiger partial charge in [-0.25, -0.2) is 0 Å². The molecule has 1 heterocycles. The highest BCUT2D eigenvalue weighted by Crippen LogP contribution is 2.33. The molecule has 0 amide bonds. The summed E-state index contributed by atoms with van der Waals surface area (Å²) >= 11 is 5.66. The third kappa shape index (κ3) is 2.75. The minimum absolute atomic E-state index is 0.411. The van der Waals surface area contributed by atoms with Crippen LogP contribution in [0.1, 0.15) is 20.8 Å². The van der Waals surface area contributed by atoms with Gasteiger partial charge in [0, 0.05) is 4.88 Å². The fourth-order valence-electron chi connectivity index (χ4n) is 2.37. The van der Waals surface area contributed by atoms with Gasteiger partial charge in [0.1, 0.15) is 0 Å². The van der Waals surface area contributed by atoms with Gasteiger partial charge in [-0.2, -0.15) is 0 Å². The first-order valence-electron chi connectivity index (χ1n) is 6.40. The number of fused-ring (bicyclic) bond motifs is 1. The van der Waals surface area contributed by atoms with E-state index < -0.39 is 0 Å². The van der Waals surface area contributed by atoms with Gasteiger partial charge in [0.15, 0.2) is 0 Å². The van der Waals surface area contributed by atoms with Crippen LogP contribution in [0, 0.1) is 6.92 Å². The molecule has 2 aromatic carbocycles. The monoisotopic (exact) mass is 330 g/mol. The molecule has 2 heteroatoms. The van der Waals surface area contributed by atoms with Crippen molar-refractivity contribution in [1.29, 1.82) is 0 Å². The van der Waals surface area contributed by atoms with Crippen molar-refractivity contribution in [2.24, 2.45) is 0 Å². The SMILES string of the molecule is Cc1ccsc1C(Br)Cc1ccc2ccccc2c1. The van der Waals surface area contributed by atoms with E-state index >= 15 is 0 Å². The molecule has 0 bridgehead atoms. The Hall–Kier alpha value is -1.12. The van der Waals surface area contributed by atoms with E-state index in [0.717, 1.165) is 6.42 Å². The summed E-state index contributed by atoms with van der Waals surface area (Å²) in [5, 5.41) is 4.80. The Morgan fingerprint density at radius 2 is 1.84 bits per heavy atom. The summed E-state index contributed by atoms with van der Waals surface area (Å²) in [6.45, 7) is 2.18. The molecule has 0 saturated heterocycles. The summed E-state index contributed by atoms with van der Waals surface area (Å²) in [5.74, 6) is 0. The zero-order valence-electron chi connectivity index (χ0n) is 10.8. The maximum atomic E-state index is 3.83. The van der Waals surface area contributed by atoms with Crippen LogP contribution in [0.15, 0.2) is 53.9 Å². The van der Waals surface area contributed by atoms with Gasteiger partial charge in [0.25, 0.3) is 0 Å². The molecule has 1 unspecified atom stereocenters. The van der Waals surface area contributed by atoms with Gasteiger partial charge >= 0.3 is 0 Å². The molecule has 3 aromatic rings. The maximum Gasteiger partial charge on any atom is 0.0532 e. The zero-order chi connectivity index (χ0) is 13.2. The summed E-state index contributed by atoms with van der Waals surface area (Å²) in [4.78, 5) is 1.85. The van der Waals surface area contributed by atoms with Crippen LogP contribution in [0.4, 0.5) is 0 Å². The van der Waals surface area contributed by atoms with Crippen molar-refractivity contribution in [2.45, 2.75) is 18.2 Å². The normalized spacial score (nSPS) is 12.7. The predicted molar refractivity (Wildman–Crippen MR) is 88.4 cm³/mol. The third-order valence-electron chi connectivity index (χ3n) is 3.41. The van der Waals surface area contributed by atoms with E-state index in [2.05, 4.69) is 76.8 Å². The van der Waals surface area contributed by atoms with Crippen LogP contribution in [0.2, 0.25) is 0 Å². The van der Waals surface area contributed by atoms with Crippen molar-refractivity contribution in [3.63, 3.8) is 0 Å². The Balaban J connectivity index is 1.87. The second-order valence-electron chi connectivity index (χ2n) is 4.82. The third-order valence-corrected chi connectivity index (χ3v) is 5.63. The molecular weight excluding hydrogens is 316 g/mol. The number of alkyl halides is 1. The predicted octanol–water partition coefficient (Wildman–Crippen LogP) is 5.89. The molecule has 0 saturated carbocycles. The van der Waals surface area contributed by atoms with Gasteiger partial charge in [0.05, 0.1) is 4.83 Å². The average Bonchev–Trinajstić information content (AvgIpc) is 2.85. The number of aryl methyl sites for hydroxylation is 1. The molecular formula is C17H15BrS. The summed E-state index contributed by atoms with van der Waals surface area (Å²) < 4.78 is 0. The van der Waals surface area contributed by atoms with E-state index in [1.807, 2.05) is 11.3 Å². The van der Waals surface area contributed by atoms with Crippen molar-refractivity contribution in [3.8, 4) is 0 Å². The molecule has 0 nitrogen and oxygen atoms in total. The standard InChI is InChI=1S/C17H15BrS/c1-12-8-9-19-17(12)16(18)11-13-6-7-14-4-2-3-5-15(14)10-13/h2-10,16H,11H2,1H3. The fourth-order valence-corrected chi connectivity index (χ4v) is 4.33. The zero-order valence-corrected chi connectivity index (χ0v) is 13.2. The number of benzene rings is 2. The second kappa shape index (κ2) is 5.48. The lowest BCUT2D eigenvalue weighted by Gasteiger charge is -2.10. The van der Waals surface area contributed by atoms with Crippen LogP contribution in [0.25, 0.3) is 10.8 Å². The van der Waals surface area contributed by atoms with Gasteiger partial charge in [-0.15, -0.1) is 11.3 Å². The molecule has 19 heavy (non-hydrogen) atoms. The number of thiophene rings is 1. The van der Waals surface area contributed by atoms with E-state index in [0.29, 0.717) is 4.83 Å². The van der Waals surface area contributed by atoms with Gasteiger partial charge in [-0.3, -0.25) is 0 Å². The highest BCUT2D eigenvalue weighted by molar-refractivity contribution is 9.09. The van der Waals surface area contributed by atoms with E-state index in [4.69, 9.17) is 0 Å². The first-order valence-corrected chi connectivity index (χ1v) is 8.19. The lowest BCUT2D eigenvalue weighted by Crippen LogP contribution is -1.94. The molecule has 0 aliphatic rings. The highest BCUT2D eigenvalue weighted by Gasteiger charge is 2.12. The van der Waals surface area contributed by atoms with Crippen LogP contribution < -0.4 is 0 Å². The smallest absolute Gasteiger partial charge is 0.0532 e. The highest BCUT2D eigenvalue weighted by atomic mass is 79.9. The number of rotatable bonds is 3. The number of hydrogen-bond acceptors (Lipinski definition) is 1. The largest absolute Gasteiger partial charge is 0.147 e. The average molecular weight is 331 g/mol. The number of hydrogen-bond donors (Lipinski definition) is 0. The van der Waals surface area contributed by atoms with Crippen molar-refractivity contribution < 1.29 is 0 Å². The Morgan fingerprint density at radius 1 is 1.05 bits per heavy atom. The Kier molecular flexibility index (Phi) is 3.72. The van der Waals surface area contributed by atoms with E-state index in [9.17, 15) is 0 Å². The van der Waals surface area contributed by atoms with Gasteiger partial charge < -0.3 is 0 Å². The molecule has 1 aromatic heterocycles. The molecule has 0 fully saturated rings. The summed E-state index contributed by atoms with van der Waals surface area (Å²) in [5.41, 5.74) is 2.76. The first kappa shape index (κ1) is 12.9. The van der Waals surface area contributed by atoms with Crippen molar-refractivity contribution >= 4 is 38.0 Å². The molecule has 0 radical (unpaired) electrons. The molecule has 0 N–H and O–H groups in total. The second-order valence-corrected chi connectivity index (χ2v) is 6.87. The van der Waals surface area contributed by atoms with Gasteiger partial charge in [-0.05, 0) is 46.7 Å². The fraction of sp³-hybridized carbons (Fsp3) is 0.176. The van der Waals surface area contributed by atoms with Crippen LogP contribution in [0.5, 0.6) is 0 Å². The minimum atomic E-state index is 0.411. The van der Waals surface area contributed by atoms with E-state index in [1.54, 1.807) is 0 Å². The van der Waals surface area contributed by atoms with E-state index in [1.165, 1.54) is 26.8 Å². The number of halogens is 1. The van der Waals surface area contributed by atoms with Crippen LogP contribution in [-0.2, 0) is 6.42 Å². The van der Waals surface area contributed by atoms with Crippen molar-refractivity contribution in [3.05, 3.63) is 69.9 Å². The Morgan fingerprint density at radius 3 is 2.58 bits per heavy atom. The minimum Gasteiger partial charge on any atom is -0.147 e. The van der Waals surface area contributed by atoms with Crippen molar-refractivity contribution in [1.82, 2.24) is 0 Å². The molecule has 0 aliphatic carbocycles. The molecule has 0 spiro atoms. The molecule has 96 valence electrons. The lowest BCUT2D eigenvalue weighted by atomic mass is 10.0. The maximum absolute atomic E-state index is 3.83. The Bertz CT molecular complexity index is 699. The van der Waals surface area contributed by atoms with Gasteiger partial charge in [0.2, 0.25) is 0 Å². The van der Waals surface area contributed by atoms with E-state index in [-0.39, 0.29) is 0 Å². The molecule has 0 aliphatic heterocycles. The lowest BCUT2D eigenvalue weighted by molar-refractivity contribution is 0.963. The molecule has 1 atom stereocenters. The topological polar surface area (TPSA) is 0 Å².